The van der Waals surface area contributed by atoms with Crippen LogP contribution < -0.4 is 5.32 Å². The van der Waals surface area contributed by atoms with Crippen LogP contribution in [0.2, 0.25) is 0 Å². The zero-order chi connectivity index (χ0) is 12.2. The maximum Gasteiger partial charge on any atom is 0.126 e. The van der Waals surface area contributed by atoms with Gasteiger partial charge in [-0.1, -0.05) is 12.5 Å². The van der Waals surface area contributed by atoms with E-state index in [1.807, 2.05) is 0 Å². The summed E-state index contributed by atoms with van der Waals surface area (Å²) in [4.78, 5) is 7.27. The van der Waals surface area contributed by atoms with Crippen LogP contribution >= 0.6 is 0 Å². The SMILES string of the molecule is c1cc2c(nc1NCCN1CCCCC1)CCC2. The van der Waals surface area contributed by atoms with Gasteiger partial charge in [0.1, 0.15) is 5.82 Å². The first kappa shape index (κ1) is 12.0. The van der Waals surface area contributed by atoms with Gasteiger partial charge in [-0.15, -0.1) is 0 Å². The fourth-order valence-electron chi connectivity index (χ4n) is 3.04. The van der Waals surface area contributed by atoms with Crippen LogP contribution in [-0.4, -0.2) is 36.1 Å². The van der Waals surface area contributed by atoms with E-state index in [0.29, 0.717) is 0 Å². The van der Waals surface area contributed by atoms with Gasteiger partial charge in [0.05, 0.1) is 0 Å². The molecule has 3 rings (SSSR count). The molecule has 1 saturated heterocycles. The molecule has 1 aliphatic carbocycles. The molecule has 0 unspecified atom stereocenters. The van der Waals surface area contributed by atoms with E-state index in [2.05, 4.69) is 22.3 Å². The van der Waals surface area contributed by atoms with Crippen LogP contribution in [0.5, 0.6) is 0 Å². The number of nitrogens with one attached hydrogen (secondary N) is 1. The molecule has 0 saturated carbocycles. The highest BCUT2D eigenvalue weighted by Crippen LogP contribution is 2.21. The molecule has 0 atom stereocenters. The number of rotatable bonds is 4. The molecule has 18 heavy (non-hydrogen) atoms. The average Bonchev–Trinajstić information content (AvgIpc) is 2.87. The molecule has 0 spiro atoms. The Labute approximate surface area is 110 Å². The lowest BCUT2D eigenvalue weighted by Gasteiger charge is -2.26. The second-order valence-electron chi connectivity index (χ2n) is 5.48. The van der Waals surface area contributed by atoms with Gasteiger partial charge >= 0.3 is 0 Å². The van der Waals surface area contributed by atoms with Gasteiger partial charge in [0.2, 0.25) is 0 Å². The monoisotopic (exact) mass is 245 g/mol. The first-order valence-corrected chi connectivity index (χ1v) is 7.37. The molecule has 2 aliphatic rings. The number of nitrogens with zero attached hydrogens (tertiary/aromatic N) is 2. The molecule has 1 fully saturated rings. The van der Waals surface area contributed by atoms with Crippen LogP contribution in [0.15, 0.2) is 12.1 Å². The van der Waals surface area contributed by atoms with Crippen LogP contribution in [0.3, 0.4) is 0 Å². The predicted octanol–water partition coefficient (Wildman–Crippen LogP) is 2.47. The Balaban J connectivity index is 1.48. The minimum absolute atomic E-state index is 1.02. The van der Waals surface area contributed by atoms with Crippen molar-refractivity contribution in [1.82, 2.24) is 9.88 Å². The summed E-state index contributed by atoms with van der Waals surface area (Å²) >= 11 is 0. The number of fused-ring (bicyclic) bond motifs is 1. The van der Waals surface area contributed by atoms with E-state index in [0.717, 1.165) is 25.3 Å². The maximum absolute atomic E-state index is 4.71. The molecule has 2 heterocycles. The van der Waals surface area contributed by atoms with Crippen molar-refractivity contribution in [3.63, 3.8) is 0 Å². The van der Waals surface area contributed by atoms with Crippen molar-refractivity contribution in [2.45, 2.75) is 38.5 Å². The molecule has 0 bridgehead atoms. The van der Waals surface area contributed by atoms with Crippen LogP contribution in [0.1, 0.15) is 36.9 Å². The van der Waals surface area contributed by atoms with E-state index in [9.17, 15) is 0 Å². The Kier molecular flexibility index (Phi) is 3.79. The number of hydrogen-bond donors (Lipinski definition) is 1. The molecule has 1 aromatic rings. The predicted molar refractivity (Wildman–Crippen MR) is 75.0 cm³/mol. The number of anilines is 1. The highest BCUT2D eigenvalue weighted by Gasteiger charge is 2.12. The summed E-state index contributed by atoms with van der Waals surface area (Å²) in [5, 5.41) is 3.47. The van der Waals surface area contributed by atoms with Crippen molar-refractivity contribution in [1.29, 1.82) is 0 Å². The molecule has 0 radical (unpaired) electrons. The first-order chi connectivity index (χ1) is 8.92. The number of likely N-dealkylation sites (tertiary alicyclic amines) is 1. The van der Waals surface area contributed by atoms with Crippen LogP contribution in [0, 0.1) is 0 Å². The van der Waals surface area contributed by atoms with Crippen molar-refractivity contribution in [2.75, 3.05) is 31.5 Å². The Bertz CT molecular complexity index is 397. The number of piperidine rings is 1. The van der Waals surface area contributed by atoms with Gasteiger partial charge < -0.3 is 10.2 Å². The molecule has 1 N–H and O–H groups in total. The lowest BCUT2D eigenvalue weighted by atomic mass is 10.1. The van der Waals surface area contributed by atoms with E-state index < -0.39 is 0 Å². The van der Waals surface area contributed by atoms with Crippen molar-refractivity contribution < 1.29 is 0 Å². The summed E-state index contributed by atoms with van der Waals surface area (Å²) in [7, 11) is 0. The van der Waals surface area contributed by atoms with E-state index in [-0.39, 0.29) is 0 Å². The lowest BCUT2D eigenvalue weighted by molar-refractivity contribution is 0.237. The quantitative estimate of drug-likeness (QED) is 0.883. The zero-order valence-corrected chi connectivity index (χ0v) is 11.1. The average molecular weight is 245 g/mol. The largest absolute Gasteiger partial charge is 0.369 e. The van der Waals surface area contributed by atoms with Crippen LogP contribution in [-0.2, 0) is 12.8 Å². The molecular weight excluding hydrogens is 222 g/mol. The number of pyridine rings is 1. The molecule has 98 valence electrons. The third kappa shape index (κ3) is 2.83. The summed E-state index contributed by atoms with van der Waals surface area (Å²) in [6.45, 7) is 4.73. The van der Waals surface area contributed by atoms with Crippen LogP contribution in [0.4, 0.5) is 5.82 Å². The van der Waals surface area contributed by atoms with E-state index >= 15 is 0 Å². The van der Waals surface area contributed by atoms with Gasteiger partial charge in [0.15, 0.2) is 0 Å². The molecular formula is C15H23N3. The summed E-state index contributed by atoms with van der Waals surface area (Å²) in [6, 6.07) is 4.39. The van der Waals surface area contributed by atoms with Crippen molar-refractivity contribution in [3.8, 4) is 0 Å². The third-order valence-corrected chi connectivity index (χ3v) is 4.11. The van der Waals surface area contributed by atoms with Gasteiger partial charge in [-0.05, 0) is 56.8 Å². The number of hydrogen-bond acceptors (Lipinski definition) is 3. The molecule has 3 nitrogen and oxygen atoms in total. The first-order valence-electron chi connectivity index (χ1n) is 7.37. The van der Waals surface area contributed by atoms with E-state index in [4.69, 9.17) is 4.98 Å². The van der Waals surface area contributed by atoms with Crippen LogP contribution in [0.25, 0.3) is 0 Å². The smallest absolute Gasteiger partial charge is 0.126 e. The zero-order valence-electron chi connectivity index (χ0n) is 11.1. The normalized spacial score (nSPS) is 19.8. The topological polar surface area (TPSA) is 28.2 Å². The lowest BCUT2D eigenvalue weighted by Crippen LogP contribution is -2.33. The van der Waals surface area contributed by atoms with Gasteiger partial charge in [0, 0.05) is 18.8 Å². The number of aryl methyl sites for hydroxylation is 2. The Morgan fingerprint density at radius 2 is 1.94 bits per heavy atom. The highest BCUT2D eigenvalue weighted by molar-refractivity contribution is 5.40. The standard InChI is InChI=1S/C15H23N3/c1-2-10-18(11-3-1)12-9-16-15-8-7-13-5-4-6-14(13)17-15/h7-8H,1-6,9-12H2,(H,16,17). The molecule has 1 aliphatic heterocycles. The summed E-state index contributed by atoms with van der Waals surface area (Å²) in [6.07, 6.45) is 7.82. The molecule has 3 heteroatoms. The Morgan fingerprint density at radius 1 is 1.06 bits per heavy atom. The fourth-order valence-corrected chi connectivity index (χ4v) is 3.04. The summed E-state index contributed by atoms with van der Waals surface area (Å²) in [5.74, 6) is 1.06. The van der Waals surface area contributed by atoms with E-state index in [1.54, 1.807) is 0 Å². The number of aromatic nitrogens is 1. The minimum Gasteiger partial charge on any atom is -0.369 e. The fraction of sp³-hybridized carbons (Fsp3) is 0.667. The molecule has 0 amide bonds. The van der Waals surface area contributed by atoms with Crippen molar-refractivity contribution in [2.24, 2.45) is 0 Å². The summed E-state index contributed by atoms with van der Waals surface area (Å²) < 4.78 is 0. The highest BCUT2D eigenvalue weighted by atomic mass is 15.1. The Hall–Kier alpha value is -1.09. The second-order valence-corrected chi connectivity index (χ2v) is 5.48. The third-order valence-electron chi connectivity index (χ3n) is 4.11. The van der Waals surface area contributed by atoms with Gasteiger partial charge in [-0.2, -0.15) is 0 Å². The molecule has 1 aromatic heterocycles. The Morgan fingerprint density at radius 3 is 2.83 bits per heavy atom. The maximum atomic E-state index is 4.71. The van der Waals surface area contributed by atoms with Gasteiger partial charge in [-0.25, -0.2) is 4.98 Å². The van der Waals surface area contributed by atoms with Crippen molar-refractivity contribution >= 4 is 5.82 Å². The van der Waals surface area contributed by atoms with Gasteiger partial charge in [0.25, 0.3) is 0 Å². The van der Waals surface area contributed by atoms with Gasteiger partial charge in [-0.3, -0.25) is 0 Å². The van der Waals surface area contributed by atoms with E-state index in [1.165, 1.54) is 56.5 Å². The second kappa shape index (κ2) is 5.70. The minimum atomic E-state index is 1.02. The molecule has 0 aromatic carbocycles. The van der Waals surface area contributed by atoms with Crippen molar-refractivity contribution in [3.05, 3.63) is 23.4 Å². The summed E-state index contributed by atoms with van der Waals surface area (Å²) in [5.41, 5.74) is 2.77.